The number of piperazine rings is 1. The highest BCUT2D eigenvalue weighted by atomic mass is 16.2. The second kappa shape index (κ2) is 9.57. The highest BCUT2D eigenvalue weighted by Crippen LogP contribution is 2.45. The molecule has 2 aromatic rings. The van der Waals surface area contributed by atoms with Gasteiger partial charge in [-0.15, -0.1) is 0 Å². The summed E-state index contributed by atoms with van der Waals surface area (Å²) in [6.07, 6.45) is 14.3. The van der Waals surface area contributed by atoms with E-state index in [-0.39, 0.29) is 6.04 Å². The van der Waals surface area contributed by atoms with E-state index in [1.807, 2.05) is 12.1 Å². The Morgan fingerprint density at radius 1 is 1.17 bits per heavy atom. The van der Waals surface area contributed by atoms with E-state index in [1.165, 1.54) is 32.1 Å². The number of rotatable bonds is 8. The molecule has 7 nitrogen and oxygen atoms in total. The van der Waals surface area contributed by atoms with Crippen LogP contribution >= 0.6 is 0 Å². The molecule has 0 radical (unpaired) electrons. The summed E-state index contributed by atoms with van der Waals surface area (Å²) in [7, 11) is 0. The first kappa shape index (κ1) is 23.0. The second-order valence-electron chi connectivity index (χ2n) is 11.0. The standard InChI is InChI=1S/C29H34N6O/c1-2-19-12-24(17-31-16-19)32-25-14-23(15-30)29(33-28(25)22-8-9-22)34-10-11-35(26(18-34)21-6-7-21)27(36)13-20-4-3-5-20/h2,12,14,16-17,20-22,26,32H,1,3-11,13,18H2/t26-/m0/s1. The van der Waals surface area contributed by atoms with Crippen molar-refractivity contribution in [3.63, 3.8) is 0 Å². The van der Waals surface area contributed by atoms with Gasteiger partial charge in [0.1, 0.15) is 11.9 Å². The summed E-state index contributed by atoms with van der Waals surface area (Å²) in [4.78, 5) is 27.0. The summed E-state index contributed by atoms with van der Waals surface area (Å²) in [6.45, 7) is 6.05. The molecule has 1 N–H and O–H groups in total. The fourth-order valence-electron chi connectivity index (χ4n) is 5.66. The van der Waals surface area contributed by atoms with Crippen molar-refractivity contribution in [2.45, 2.75) is 63.3 Å². The van der Waals surface area contributed by atoms with Crippen molar-refractivity contribution in [1.82, 2.24) is 14.9 Å². The molecule has 3 saturated carbocycles. The molecule has 4 fully saturated rings. The number of hydrogen-bond donors (Lipinski definition) is 1. The van der Waals surface area contributed by atoms with E-state index in [0.29, 0.717) is 35.6 Å². The number of nitrogens with zero attached hydrogens (tertiary/aromatic N) is 5. The molecule has 3 heterocycles. The van der Waals surface area contributed by atoms with Crippen LogP contribution in [-0.4, -0.2) is 46.5 Å². The molecule has 1 atom stereocenters. The van der Waals surface area contributed by atoms with Gasteiger partial charge in [0, 0.05) is 38.2 Å². The van der Waals surface area contributed by atoms with E-state index in [1.54, 1.807) is 18.5 Å². The first-order valence-electron chi connectivity index (χ1n) is 13.5. The normalized spacial score (nSPS) is 22.0. The highest BCUT2D eigenvalue weighted by molar-refractivity contribution is 5.78. The van der Waals surface area contributed by atoms with Gasteiger partial charge in [0.2, 0.25) is 5.91 Å². The molecule has 1 aliphatic heterocycles. The lowest BCUT2D eigenvalue weighted by Crippen LogP contribution is -2.57. The number of carbonyl (C=O) groups excluding carboxylic acids is 1. The first-order valence-corrected chi connectivity index (χ1v) is 13.5. The second-order valence-corrected chi connectivity index (χ2v) is 11.0. The molecule has 4 aliphatic rings. The predicted molar refractivity (Wildman–Crippen MR) is 141 cm³/mol. The van der Waals surface area contributed by atoms with Crippen molar-refractivity contribution in [1.29, 1.82) is 5.26 Å². The Balaban J connectivity index is 1.26. The lowest BCUT2D eigenvalue weighted by molar-refractivity contribution is -0.136. The van der Waals surface area contributed by atoms with Crippen molar-refractivity contribution < 1.29 is 4.79 Å². The SMILES string of the molecule is C=Cc1cncc(Nc2cc(C#N)c(N3CCN(C(=O)CC4CCC4)[C@H](C4CC4)C3)nc2C2CC2)c1. The Labute approximate surface area is 213 Å². The van der Waals surface area contributed by atoms with Crippen LogP contribution in [0.4, 0.5) is 17.2 Å². The molecule has 1 amide bonds. The molecule has 0 unspecified atom stereocenters. The zero-order valence-electron chi connectivity index (χ0n) is 20.8. The summed E-state index contributed by atoms with van der Waals surface area (Å²) < 4.78 is 0. The maximum absolute atomic E-state index is 13.1. The Hall–Kier alpha value is -3.40. The van der Waals surface area contributed by atoms with E-state index in [2.05, 4.69) is 32.7 Å². The van der Waals surface area contributed by atoms with E-state index in [4.69, 9.17) is 4.98 Å². The van der Waals surface area contributed by atoms with Crippen molar-refractivity contribution in [2.75, 3.05) is 29.9 Å². The number of amides is 1. The van der Waals surface area contributed by atoms with Gasteiger partial charge in [-0.3, -0.25) is 9.78 Å². The van der Waals surface area contributed by atoms with Gasteiger partial charge >= 0.3 is 0 Å². The van der Waals surface area contributed by atoms with E-state index >= 15 is 0 Å². The number of anilines is 3. The average Bonchev–Trinajstić information content (AvgIpc) is 3.79. The zero-order chi connectivity index (χ0) is 24.6. The Morgan fingerprint density at radius 2 is 2.00 bits per heavy atom. The van der Waals surface area contributed by atoms with E-state index < -0.39 is 0 Å². The molecule has 3 aliphatic carbocycles. The molecular formula is C29H34N6O. The van der Waals surface area contributed by atoms with Crippen LogP contribution in [0.3, 0.4) is 0 Å². The van der Waals surface area contributed by atoms with Gasteiger partial charge in [-0.25, -0.2) is 4.98 Å². The number of carbonyl (C=O) groups is 1. The lowest BCUT2D eigenvalue weighted by atomic mass is 9.82. The molecule has 7 heteroatoms. The minimum atomic E-state index is 0.231. The lowest BCUT2D eigenvalue weighted by Gasteiger charge is -2.43. The minimum Gasteiger partial charge on any atom is -0.353 e. The molecule has 6 rings (SSSR count). The van der Waals surface area contributed by atoms with Crippen LogP contribution in [0, 0.1) is 23.2 Å². The van der Waals surface area contributed by atoms with Crippen LogP contribution in [0.15, 0.2) is 31.1 Å². The van der Waals surface area contributed by atoms with Crippen LogP contribution in [0.5, 0.6) is 0 Å². The number of pyridine rings is 2. The third-order valence-electron chi connectivity index (χ3n) is 8.28. The van der Waals surface area contributed by atoms with Crippen molar-refractivity contribution >= 4 is 29.2 Å². The van der Waals surface area contributed by atoms with Gasteiger partial charge in [-0.05, 0) is 68.1 Å². The largest absolute Gasteiger partial charge is 0.353 e. The Kier molecular flexibility index (Phi) is 6.12. The van der Waals surface area contributed by atoms with Crippen molar-refractivity contribution in [3.05, 3.63) is 47.9 Å². The quantitative estimate of drug-likeness (QED) is 0.555. The smallest absolute Gasteiger partial charge is 0.223 e. The topological polar surface area (TPSA) is 85.2 Å². The summed E-state index contributed by atoms with van der Waals surface area (Å²) >= 11 is 0. The third kappa shape index (κ3) is 4.69. The van der Waals surface area contributed by atoms with Crippen molar-refractivity contribution in [2.24, 2.45) is 11.8 Å². The van der Waals surface area contributed by atoms with Crippen LogP contribution in [-0.2, 0) is 4.79 Å². The number of hydrogen-bond acceptors (Lipinski definition) is 6. The van der Waals surface area contributed by atoms with Crippen LogP contribution in [0.25, 0.3) is 6.08 Å². The van der Waals surface area contributed by atoms with Gasteiger partial charge in [0.15, 0.2) is 0 Å². The minimum absolute atomic E-state index is 0.231. The fraction of sp³-hybridized carbons (Fsp3) is 0.517. The zero-order valence-corrected chi connectivity index (χ0v) is 20.8. The maximum Gasteiger partial charge on any atom is 0.223 e. The van der Waals surface area contributed by atoms with Gasteiger partial charge < -0.3 is 15.1 Å². The van der Waals surface area contributed by atoms with Crippen LogP contribution in [0.1, 0.15) is 74.1 Å². The third-order valence-corrected chi connectivity index (χ3v) is 8.28. The molecule has 0 spiro atoms. The molecular weight excluding hydrogens is 448 g/mol. The molecule has 0 aromatic carbocycles. The molecule has 1 saturated heterocycles. The van der Waals surface area contributed by atoms with E-state index in [9.17, 15) is 10.1 Å². The summed E-state index contributed by atoms with van der Waals surface area (Å²) in [5, 5.41) is 13.6. The Morgan fingerprint density at radius 3 is 2.67 bits per heavy atom. The molecule has 36 heavy (non-hydrogen) atoms. The van der Waals surface area contributed by atoms with Crippen LogP contribution < -0.4 is 10.2 Å². The average molecular weight is 483 g/mol. The number of nitriles is 1. The molecule has 2 aromatic heterocycles. The maximum atomic E-state index is 13.1. The Bertz CT molecular complexity index is 1210. The summed E-state index contributed by atoms with van der Waals surface area (Å²) in [5.41, 5.74) is 4.29. The predicted octanol–water partition coefficient (Wildman–Crippen LogP) is 5.23. The highest BCUT2D eigenvalue weighted by Gasteiger charge is 2.42. The molecule has 0 bridgehead atoms. The fourth-order valence-corrected chi connectivity index (χ4v) is 5.66. The van der Waals surface area contributed by atoms with E-state index in [0.717, 1.165) is 60.9 Å². The van der Waals surface area contributed by atoms with Gasteiger partial charge in [0.05, 0.1) is 34.9 Å². The van der Waals surface area contributed by atoms with Crippen LogP contribution in [0.2, 0.25) is 0 Å². The van der Waals surface area contributed by atoms with Gasteiger partial charge in [0.25, 0.3) is 0 Å². The molecule has 186 valence electrons. The van der Waals surface area contributed by atoms with Gasteiger partial charge in [-0.2, -0.15) is 5.26 Å². The number of nitrogens with one attached hydrogen (secondary N) is 1. The van der Waals surface area contributed by atoms with Gasteiger partial charge in [-0.1, -0.05) is 19.1 Å². The summed E-state index contributed by atoms with van der Waals surface area (Å²) in [5.74, 6) is 2.69. The summed E-state index contributed by atoms with van der Waals surface area (Å²) in [6, 6.07) is 6.59. The first-order chi connectivity index (χ1) is 17.6. The van der Waals surface area contributed by atoms with Crippen molar-refractivity contribution in [3.8, 4) is 6.07 Å². The number of aromatic nitrogens is 2. The monoisotopic (exact) mass is 482 g/mol.